The van der Waals surface area contributed by atoms with Crippen LogP contribution in [0, 0.1) is 5.82 Å². The van der Waals surface area contributed by atoms with Crippen molar-refractivity contribution in [2.75, 3.05) is 6.54 Å². The summed E-state index contributed by atoms with van der Waals surface area (Å²) in [5.74, 6) is -0.926. The fraction of sp³-hybridized carbons (Fsp3) is 0.231. The van der Waals surface area contributed by atoms with Crippen LogP contribution in [0.25, 0.3) is 0 Å². The van der Waals surface area contributed by atoms with E-state index in [2.05, 4.69) is 26.3 Å². The van der Waals surface area contributed by atoms with Gasteiger partial charge in [-0.3, -0.25) is 9.48 Å². The Kier molecular flexibility index (Phi) is 4.68. The Morgan fingerprint density at radius 3 is 3.00 bits per heavy atom. The lowest BCUT2D eigenvalue weighted by molar-refractivity contribution is 0.0948. The number of nitrogens with zero attached hydrogens (tertiary/aromatic N) is 2. The van der Waals surface area contributed by atoms with Crippen LogP contribution >= 0.6 is 15.9 Å². The summed E-state index contributed by atoms with van der Waals surface area (Å²) in [6.07, 6.45) is 4.30. The Bertz CT molecular complexity index is 557. The van der Waals surface area contributed by atoms with Crippen molar-refractivity contribution >= 4 is 21.8 Å². The first-order valence-electron chi connectivity index (χ1n) is 5.87. The van der Waals surface area contributed by atoms with Crippen LogP contribution in [0.3, 0.4) is 0 Å². The second-order valence-corrected chi connectivity index (χ2v) is 4.92. The highest BCUT2D eigenvalue weighted by Gasteiger charge is 2.10. The number of rotatable bonds is 5. The number of amides is 1. The van der Waals surface area contributed by atoms with E-state index >= 15 is 0 Å². The molecular formula is C13H13BrFN3O. The summed E-state index contributed by atoms with van der Waals surface area (Å²) in [5.41, 5.74) is 0.0577. The molecule has 1 amide bonds. The third-order valence-electron chi connectivity index (χ3n) is 2.58. The van der Waals surface area contributed by atoms with Gasteiger partial charge in [0.1, 0.15) is 5.82 Å². The minimum atomic E-state index is -0.529. The van der Waals surface area contributed by atoms with Crippen LogP contribution < -0.4 is 5.32 Å². The topological polar surface area (TPSA) is 46.9 Å². The van der Waals surface area contributed by atoms with Crippen molar-refractivity contribution in [2.24, 2.45) is 0 Å². The molecule has 1 aromatic carbocycles. The molecule has 0 aliphatic heterocycles. The van der Waals surface area contributed by atoms with Gasteiger partial charge in [-0.2, -0.15) is 5.10 Å². The summed E-state index contributed by atoms with van der Waals surface area (Å²) in [6, 6.07) is 6.22. The van der Waals surface area contributed by atoms with Gasteiger partial charge >= 0.3 is 0 Å². The molecule has 0 bridgehead atoms. The van der Waals surface area contributed by atoms with Gasteiger partial charge < -0.3 is 5.32 Å². The van der Waals surface area contributed by atoms with Crippen molar-refractivity contribution < 1.29 is 9.18 Å². The van der Waals surface area contributed by atoms with E-state index < -0.39 is 11.7 Å². The molecular weight excluding hydrogens is 313 g/mol. The number of nitrogens with one attached hydrogen (secondary N) is 1. The molecule has 0 fully saturated rings. The van der Waals surface area contributed by atoms with Crippen molar-refractivity contribution in [1.82, 2.24) is 15.1 Å². The third kappa shape index (κ3) is 3.89. The van der Waals surface area contributed by atoms with Crippen LogP contribution in [0.1, 0.15) is 16.8 Å². The molecule has 0 unspecified atom stereocenters. The van der Waals surface area contributed by atoms with Crippen molar-refractivity contribution in [3.05, 3.63) is 52.5 Å². The summed E-state index contributed by atoms with van der Waals surface area (Å²) in [5, 5.41) is 6.74. The lowest BCUT2D eigenvalue weighted by Gasteiger charge is -2.06. The van der Waals surface area contributed by atoms with Crippen molar-refractivity contribution in [2.45, 2.75) is 13.0 Å². The van der Waals surface area contributed by atoms with E-state index in [-0.39, 0.29) is 5.56 Å². The molecule has 19 heavy (non-hydrogen) atoms. The molecule has 0 radical (unpaired) electrons. The summed E-state index contributed by atoms with van der Waals surface area (Å²) < 4.78 is 15.9. The number of aryl methyl sites for hydroxylation is 1. The van der Waals surface area contributed by atoms with E-state index in [0.717, 1.165) is 13.0 Å². The minimum Gasteiger partial charge on any atom is -0.352 e. The highest BCUT2D eigenvalue weighted by atomic mass is 79.9. The Morgan fingerprint density at radius 1 is 1.47 bits per heavy atom. The van der Waals surface area contributed by atoms with Crippen LogP contribution in [0.15, 0.2) is 41.1 Å². The van der Waals surface area contributed by atoms with Crippen molar-refractivity contribution in [1.29, 1.82) is 0 Å². The largest absolute Gasteiger partial charge is 0.352 e. The summed E-state index contributed by atoms with van der Waals surface area (Å²) >= 11 is 3.15. The Balaban J connectivity index is 1.81. The van der Waals surface area contributed by atoms with E-state index in [1.165, 1.54) is 12.1 Å². The van der Waals surface area contributed by atoms with Gasteiger partial charge in [0, 0.05) is 30.0 Å². The highest BCUT2D eigenvalue weighted by Crippen LogP contribution is 2.15. The molecule has 0 saturated heterocycles. The fourth-order valence-electron chi connectivity index (χ4n) is 1.64. The number of hydrogen-bond donors (Lipinski definition) is 1. The van der Waals surface area contributed by atoms with E-state index in [4.69, 9.17) is 0 Å². The van der Waals surface area contributed by atoms with Gasteiger partial charge in [0.15, 0.2) is 0 Å². The molecule has 0 saturated carbocycles. The predicted octanol–water partition coefficient (Wildman–Crippen LogP) is 2.60. The van der Waals surface area contributed by atoms with Crippen LogP contribution in [-0.4, -0.2) is 22.2 Å². The first-order chi connectivity index (χ1) is 9.16. The zero-order valence-corrected chi connectivity index (χ0v) is 11.7. The molecule has 2 aromatic rings. The van der Waals surface area contributed by atoms with Gasteiger partial charge in [-0.05, 0) is 30.7 Å². The van der Waals surface area contributed by atoms with Crippen LogP contribution in [0.4, 0.5) is 4.39 Å². The molecule has 0 aliphatic carbocycles. The highest BCUT2D eigenvalue weighted by molar-refractivity contribution is 9.10. The van der Waals surface area contributed by atoms with Gasteiger partial charge in [0.05, 0.1) is 5.56 Å². The van der Waals surface area contributed by atoms with Gasteiger partial charge in [-0.25, -0.2) is 4.39 Å². The molecule has 0 atom stereocenters. The van der Waals surface area contributed by atoms with Gasteiger partial charge in [0.2, 0.25) is 0 Å². The summed E-state index contributed by atoms with van der Waals surface area (Å²) in [4.78, 5) is 11.7. The van der Waals surface area contributed by atoms with Crippen molar-refractivity contribution in [3.63, 3.8) is 0 Å². The average Bonchev–Trinajstić information content (AvgIpc) is 2.87. The summed E-state index contributed by atoms with van der Waals surface area (Å²) in [6.45, 7) is 1.20. The van der Waals surface area contributed by atoms with E-state index in [1.807, 2.05) is 12.3 Å². The van der Waals surface area contributed by atoms with E-state index in [9.17, 15) is 9.18 Å². The monoisotopic (exact) mass is 325 g/mol. The van der Waals surface area contributed by atoms with Gasteiger partial charge in [-0.15, -0.1) is 0 Å². The normalized spacial score (nSPS) is 10.4. The zero-order valence-electron chi connectivity index (χ0n) is 10.1. The quantitative estimate of drug-likeness (QED) is 0.859. The predicted molar refractivity (Wildman–Crippen MR) is 73.3 cm³/mol. The van der Waals surface area contributed by atoms with E-state index in [1.54, 1.807) is 16.9 Å². The number of hydrogen-bond acceptors (Lipinski definition) is 2. The lowest BCUT2D eigenvalue weighted by Crippen LogP contribution is -2.26. The maximum absolute atomic E-state index is 13.5. The molecule has 6 heteroatoms. The number of carbonyl (C=O) groups is 1. The number of aromatic nitrogens is 2. The van der Waals surface area contributed by atoms with Gasteiger partial charge in [0.25, 0.3) is 5.91 Å². The average molecular weight is 326 g/mol. The Morgan fingerprint density at radius 2 is 2.32 bits per heavy atom. The molecule has 1 aromatic heterocycles. The molecule has 1 heterocycles. The molecule has 100 valence electrons. The lowest BCUT2D eigenvalue weighted by atomic mass is 10.2. The third-order valence-corrected chi connectivity index (χ3v) is 3.08. The molecule has 1 N–H and O–H groups in total. The van der Waals surface area contributed by atoms with Crippen molar-refractivity contribution in [3.8, 4) is 0 Å². The minimum absolute atomic E-state index is 0.0577. The van der Waals surface area contributed by atoms with Crippen LogP contribution in [-0.2, 0) is 6.54 Å². The molecule has 2 rings (SSSR count). The SMILES string of the molecule is O=C(NCCCn1cccn1)c1ccc(Br)cc1F. The smallest absolute Gasteiger partial charge is 0.254 e. The molecule has 0 spiro atoms. The first-order valence-corrected chi connectivity index (χ1v) is 6.67. The first kappa shape index (κ1) is 13.7. The number of carbonyl (C=O) groups excluding carboxylic acids is 1. The second kappa shape index (κ2) is 6.47. The fourth-order valence-corrected chi connectivity index (χ4v) is 1.98. The maximum Gasteiger partial charge on any atom is 0.254 e. The Hall–Kier alpha value is -1.69. The van der Waals surface area contributed by atoms with Crippen LogP contribution in [0.2, 0.25) is 0 Å². The molecule has 4 nitrogen and oxygen atoms in total. The number of halogens is 2. The number of benzene rings is 1. The van der Waals surface area contributed by atoms with Gasteiger partial charge in [-0.1, -0.05) is 15.9 Å². The maximum atomic E-state index is 13.5. The Labute approximate surface area is 118 Å². The van der Waals surface area contributed by atoms with Crippen LogP contribution in [0.5, 0.6) is 0 Å². The second-order valence-electron chi connectivity index (χ2n) is 4.00. The zero-order chi connectivity index (χ0) is 13.7. The standard InChI is InChI=1S/C13H13BrFN3O/c14-10-3-4-11(12(15)9-10)13(19)16-5-1-7-18-8-2-6-17-18/h2-4,6,8-9H,1,5,7H2,(H,16,19). The molecule has 0 aliphatic rings. The van der Waals surface area contributed by atoms with E-state index in [0.29, 0.717) is 11.0 Å². The summed E-state index contributed by atoms with van der Waals surface area (Å²) in [7, 11) is 0.